The van der Waals surface area contributed by atoms with Crippen molar-refractivity contribution in [1.29, 1.82) is 0 Å². The Kier molecular flexibility index (Phi) is 4.52. The van der Waals surface area contributed by atoms with Gasteiger partial charge in [-0.05, 0) is 48.9 Å². The quantitative estimate of drug-likeness (QED) is 0.581. The third-order valence-electron chi connectivity index (χ3n) is 4.33. The van der Waals surface area contributed by atoms with Crippen LogP contribution in [0.4, 0.5) is 0 Å². The minimum Gasteiger partial charge on any atom is -0.126 e. The first-order valence-corrected chi connectivity index (χ1v) is 7.03. The minimum absolute atomic E-state index is 0.484. The van der Waals surface area contributed by atoms with E-state index in [0.717, 1.165) is 11.8 Å². The van der Waals surface area contributed by atoms with E-state index in [1.54, 1.807) is 0 Å². The van der Waals surface area contributed by atoms with E-state index in [1.165, 1.54) is 38.5 Å². The molecule has 0 aromatic rings. The highest BCUT2D eigenvalue weighted by molar-refractivity contribution is 6.18. The summed E-state index contributed by atoms with van der Waals surface area (Å²) in [6, 6.07) is 0. The minimum atomic E-state index is 0.484. The van der Waals surface area contributed by atoms with Crippen LogP contribution in [-0.2, 0) is 0 Å². The van der Waals surface area contributed by atoms with Crippen molar-refractivity contribution in [2.24, 2.45) is 16.7 Å². The monoisotopic (exact) mass is 230 g/mol. The lowest BCUT2D eigenvalue weighted by Gasteiger charge is -2.43. The molecule has 0 spiro atoms. The standard InChI is InChI=1S/C14H27Cl/c1-5-8-14(11-15)9-6-12(7-10-14)13(2,3)4/h12H,5-11H2,1-4H3. The van der Waals surface area contributed by atoms with E-state index in [1.807, 2.05) is 0 Å². The van der Waals surface area contributed by atoms with Gasteiger partial charge in [-0.25, -0.2) is 0 Å². The Bertz CT molecular complexity index is 182. The van der Waals surface area contributed by atoms with Gasteiger partial charge in [-0.1, -0.05) is 34.1 Å². The van der Waals surface area contributed by atoms with E-state index < -0.39 is 0 Å². The topological polar surface area (TPSA) is 0 Å². The summed E-state index contributed by atoms with van der Waals surface area (Å²) in [6.45, 7) is 9.42. The Hall–Kier alpha value is 0.290. The van der Waals surface area contributed by atoms with Crippen molar-refractivity contribution in [2.45, 2.75) is 66.2 Å². The van der Waals surface area contributed by atoms with E-state index >= 15 is 0 Å². The third kappa shape index (κ3) is 3.37. The lowest BCUT2D eigenvalue weighted by Crippen LogP contribution is -2.33. The molecule has 15 heavy (non-hydrogen) atoms. The van der Waals surface area contributed by atoms with E-state index in [4.69, 9.17) is 11.6 Å². The summed E-state index contributed by atoms with van der Waals surface area (Å²) < 4.78 is 0. The molecule has 0 bridgehead atoms. The normalized spacial score (nSPS) is 33.0. The summed E-state index contributed by atoms with van der Waals surface area (Å²) in [4.78, 5) is 0. The van der Waals surface area contributed by atoms with Crippen molar-refractivity contribution in [3.63, 3.8) is 0 Å². The highest BCUT2D eigenvalue weighted by Gasteiger charge is 2.37. The molecular formula is C14H27Cl. The molecule has 1 rings (SSSR count). The highest BCUT2D eigenvalue weighted by atomic mass is 35.5. The molecule has 0 aromatic heterocycles. The molecule has 1 heteroatoms. The van der Waals surface area contributed by atoms with Gasteiger partial charge in [0.2, 0.25) is 0 Å². The summed E-state index contributed by atoms with van der Waals surface area (Å²) in [7, 11) is 0. The molecular weight excluding hydrogens is 204 g/mol. The Balaban J connectivity index is 2.53. The third-order valence-corrected chi connectivity index (χ3v) is 4.90. The van der Waals surface area contributed by atoms with Gasteiger partial charge in [-0.3, -0.25) is 0 Å². The predicted octanol–water partition coefficient (Wildman–Crippen LogP) is 5.25. The summed E-state index contributed by atoms with van der Waals surface area (Å²) in [5, 5.41) is 0. The maximum Gasteiger partial charge on any atom is 0.0280 e. The Morgan fingerprint density at radius 1 is 1.20 bits per heavy atom. The second kappa shape index (κ2) is 5.08. The SMILES string of the molecule is CCCC1(CCl)CCC(C(C)(C)C)CC1. The van der Waals surface area contributed by atoms with Crippen molar-refractivity contribution in [2.75, 3.05) is 5.88 Å². The molecule has 1 aliphatic rings. The largest absolute Gasteiger partial charge is 0.126 e. The first-order valence-electron chi connectivity index (χ1n) is 6.49. The number of hydrogen-bond acceptors (Lipinski definition) is 0. The fourth-order valence-electron chi connectivity index (χ4n) is 3.08. The number of halogens is 1. The molecule has 1 fully saturated rings. The smallest absolute Gasteiger partial charge is 0.0280 e. The molecule has 0 amide bonds. The van der Waals surface area contributed by atoms with Gasteiger partial charge in [-0.15, -0.1) is 11.6 Å². The van der Waals surface area contributed by atoms with Gasteiger partial charge >= 0.3 is 0 Å². The molecule has 0 nitrogen and oxygen atoms in total. The van der Waals surface area contributed by atoms with Crippen LogP contribution < -0.4 is 0 Å². The van der Waals surface area contributed by atoms with Crippen LogP contribution in [0, 0.1) is 16.7 Å². The average molecular weight is 231 g/mol. The fraction of sp³-hybridized carbons (Fsp3) is 1.00. The van der Waals surface area contributed by atoms with Crippen molar-refractivity contribution in [1.82, 2.24) is 0 Å². The average Bonchev–Trinajstić information content (AvgIpc) is 2.17. The van der Waals surface area contributed by atoms with Crippen LogP contribution in [0.5, 0.6) is 0 Å². The molecule has 0 radical (unpaired) electrons. The molecule has 0 atom stereocenters. The predicted molar refractivity (Wildman–Crippen MR) is 69.5 cm³/mol. The van der Waals surface area contributed by atoms with Gasteiger partial charge in [-0.2, -0.15) is 0 Å². The molecule has 1 aliphatic carbocycles. The Morgan fingerprint density at radius 3 is 2.07 bits per heavy atom. The maximum absolute atomic E-state index is 6.18. The van der Waals surface area contributed by atoms with Crippen LogP contribution in [0.3, 0.4) is 0 Å². The molecule has 0 aliphatic heterocycles. The van der Waals surface area contributed by atoms with Crippen molar-refractivity contribution < 1.29 is 0 Å². The summed E-state index contributed by atoms with van der Waals surface area (Å²) in [5.41, 5.74) is 0.975. The molecule has 0 aromatic carbocycles. The first kappa shape index (κ1) is 13.4. The van der Waals surface area contributed by atoms with Crippen molar-refractivity contribution >= 4 is 11.6 Å². The van der Waals surface area contributed by atoms with Gasteiger partial charge < -0.3 is 0 Å². The molecule has 0 saturated heterocycles. The van der Waals surface area contributed by atoms with Gasteiger partial charge in [0.05, 0.1) is 0 Å². The van der Waals surface area contributed by atoms with Crippen LogP contribution in [0.15, 0.2) is 0 Å². The molecule has 0 unspecified atom stereocenters. The van der Waals surface area contributed by atoms with Crippen LogP contribution >= 0.6 is 11.6 Å². The summed E-state index contributed by atoms with van der Waals surface area (Å²) in [5.74, 6) is 1.78. The van der Waals surface area contributed by atoms with Gasteiger partial charge in [0.25, 0.3) is 0 Å². The number of rotatable bonds is 3. The van der Waals surface area contributed by atoms with E-state index in [2.05, 4.69) is 27.7 Å². The fourth-order valence-corrected chi connectivity index (χ4v) is 3.48. The molecule has 0 N–H and O–H groups in total. The van der Waals surface area contributed by atoms with E-state index in [-0.39, 0.29) is 0 Å². The first-order chi connectivity index (χ1) is 6.93. The zero-order chi connectivity index (χ0) is 11.5. The molecule has 90 valence electrons. The lowest BCUT2D eigenvalue weighted by atomic mass is 9.63. The van der Waals surface area contributed by atoms with Crippen LogP contribution in [0.25, 0.3) is 0 Å². The second-order valence-corrected chi connectivity index (χ2v) is 6.79. The van der Waals surface area contributed by atoms with Crippen molar-refractivity contribution in [3.05, 3.63) is 0 Å². The Morgan fingerprint density at radius 2 is 1.73 bits per heavy atom. The van der Waals surface area contributed by atoms with E-state index in [0.29, 0.717) is 10.8 Å². The molecule has 1 saturated carbocycles. The number of alkyl halides is 1. The van der Waals surface area contributed by atoms with Crippen LogP contribution in [0.1, 0.15) is 66.2 Å². The summed E-state index contributed by atoms with van der Waals surface area (Å²) in [6.07, 6.45) is 8.09. The van der Waals surface area contributed by atoms with Crippen LogP contribution in [0.2, 0.25) is 0 Å². The van der Waals surface area contributed by atoms with Gasteiger partial charge in [0, 0.05) is 5.88 Å². The summed E-state index contributed by atoms with van der Waals surface area (Å²) >= 11 is 6.18. The zero-order valence-corrected chi connectivity index (χ0v) is 11.7. The number of hydrogen-bond donors (Lipinski definition) is 0. The maximum atomic E-state index is 6.18. The van der Waals surface area contributed by atoms with Gasteiger partial charge in [0.15, 0.2) is 0 Å². The van der Waals surface area contributed by atoms with Crippen molar-refractivity contribution in [3.8, 4) is 0 Å². The van der Waals surface area contributed by atoms with Crippen LogP contribution in [-0.4, -0.2) is 5.88 Å². The zero-order valence-electron chi connectivity index (χ0n) is 10.9. The van der Waals surface area contributed by atoms with E-state index in [9.17, 15) is 0 Å². The second-order valence-electron chi connectivity index (χ2n) is 6.52. The molecule has 0 heterocycles. The van der Waals surface area contributed by atoms with Gasteiger partial charge in [0.1, 0.15) is 0 Å². The highest BCUT2D eigenvalue weighted by Crippen LogP contribution is 2.47. The Labute approximate surface area is 101 Å². The lowest BCUT2D eigenvalue weighted by molar-refractivity contribution is 0.0952.